The van der Waals surface area contributed by atoms with E-state index in [0.29, 0.717) is 24.1 Å². The SMILES string of the molecule is CC(C)c1cnc2c(c1SCC(=O)N1C[C@@H](C)O[C@H](C)C1)c(=O)n(C)c(=O)n2C. The van der Waals surface area contributed by atoms with Gasteiger partial charge >= 0.3 is 5.69 Å². The molecule has 0 spiro atoms. The molecule has 3 rings (SSSR count). The molecule has 9 heteroatoms. The highest BCUT2D eigenvalue weighted by Gasteiger charge is 2.27. The maximum Gasteiger partial charge on any atom is 0.332 e. The van der Waals surface area contributed by atoms with Gasteiger partial charge in [-0.05, 0) is 25.3 Å². The van der Waals surface area contributed by atoms with Crippen molar-refractivity contribution in [3.05, 3.63) is 32.6 Å². The van der Waals surface area contributed by atoms with E-state index in [-0.39, 0.29) is 35.3 Å². The van der Waals surface area contributed by atoms with Gasteiger partial charge in [0.25, 0.3) is 5.56 Å². The topological polar surface area (TPSA) is 86.4 Å². The third-order valence-corrected chi connectivity index (χ3v) is 6.30. The molecule has 158 valence electrons. The highest BCUT2D eigenvalue weighted by Crippen LogP contribution is 2.32. The number of aromatic nitrogens is 3. The van der Waals surface area contributed by atoms with Crippen LogP contribution in [0.1, 0.15) is 39.2 Å². The Morgan fingerprint density at radius 3 is 2.41 bits per heavy atom. The van der Waals surface area contributed by atoms with Gasteiger partial charge in [0.2, 0.25) is 5.91 Å². The lowest BCUT2D eigenvalue weighted by atomic mass is 10.0. The number of amides is 1. The van der Waals surface area contributed by atoms with Crippen LogP contribution in [-0.2, 0) is 23.6 Å². The Bertz CT molecular complexity index is 1050. The molecule has 1 aliphatic rings. The van der Waals surface area contributed by atoms with E-state index in [9.17, 15) is 14.4 Å². The molecule has 0 N–H and O–H groups in total. The molecule has 1 amide bonds. The lowest BCUT2D eigenvalue weighted by Gasteiger charge is -2.35. The van der Waals surface area contributed by atoms with Crippen molar-refractivity contribution in [1.82, 2.24) is 19.0 Å². The zero-order valence-electron chi connectivity index (χ0n) is 17.8. The molecular formula is C20H28N4O4S. The standard InChI is InChI=1S/C20H28N4O4S/c1-11(2)14-7-21-18-16(19(26)23(6)20(27)22(18)5)17(14)29-10-15(25)24-8-12(3)28-13(4)9-24/h7,11-13H,8-10H2,1-6H3/t12-,13-/m1/s1. The number of pyridine rings is 1. The minimum atomic E-state index is -0.421. The van der Waals surface area contributed by atoms with E-state index in [1.54, 1.807) is 13.2 Å². The molecule has 1 saturated heterocycles. The first kappa shape index (κ1) is 21.6. The van der Waals surface area contributed by atoms with Gasteiger partial charge in [0.05, 0.1) is 23.3 Å². The summed E-state index contributed by atoms with van der Waals surface area (Å²) in [5, 5.41) is 0.391. The van der Waals surface area contributed by atoms with Crippen molar-refractivity contribution >= 4 is 28.7 Å². The fraction of sp³-hybridized carbons (Fsp3) is 0.600. The number of thioether (sulfide) groups is 1. The highest BCUT2D eigenvalue weighted by atomic mass is 32.2. The molecule has 2 atom stereocenters. The number of fused-ring (bicyclic) bond motifs is 1. The summed E-state index contributed by atoms with van der Waals surface area (Å²) in [4.78, 5) is 45.0. The van der Waals surface area contributed by atoms with E-state index < -0.39 is 5.69 Å². The number of hydrogen-bond acceptors (Lipinski definition) is 6. The Labute approximate surface area is 173 Å². The van der Waals surface area contributed by atoms with Crippen LogP contribution in [0, 0.1) is 0 Å². The summed E-state index contributed by atoms with van der Waals surface area (Å²) in [6.45, 7) is 9.09. The molecule has 3 heterocycles. The van der Waals surface area contributed by atoms with Crippen LogP contribution in [0.2, 0.25) is 0 Å². The molecule has 0 radical (unpaired) electrons. The number of hydrogen-bond donors (Lipinski definition) is 0. The van der Waals surface area contributed by atoms with Crippen molar-refractivity contribution in [1.29, 1.82) is 0 Å². The Morgan fingerprint density at radius 1 is 1.21 bits per heavy atom. The lowest BCUT2D eigenvalue weighted by molar-refractivity contribution is -0.140. The summed E-state index contributed by atoms with van der Waals surface area (Å²) in [7, 11) is 3.06. The second-order valence-electron chi connectivity index (χ2n) is 7.95. The number of ether oxygens (including phenoxy) is 1. The average Bonchev–Trinajstić information content (AvgIpc) is 2.67. The Morgan fingerprint density at radius 2 is 1.83 bits per heavy atom. The first-order chi connectivity index (χ1) is 13.6. The van der Waals surface area contributed by atoms with Crippen molar-refractivity contribution in [2.45, 2.75) is 50.7 Å². The maximum absolute atomic E-state index is 12.9. The van der Waals surface area contributed by atoms with Gasteiger partial charge in [0.15, 0.2) is 0 Å². The number of nitrogens with zero attached hydrogens (tertiary/aromatic N) is 4. The summed E-state index contributed by atoms with van der Waals surface area (Å²) in [5.41, 5.74) is 0.429. The van der Waals surface area contributed by atoms with E-state index in [2.05, 4.69) is 4.98 Å². The van der Waals surface area contributed by atoms with Crippen LogP contribution in [0.3, 0.4) is 0 Å². The molecule has 0 bridgehead atoms. The second kappa shape index (κ2) is 8.31. The van der Waals surface area contributed by atoms with Crippen LogP contribution in [0.4, 0.5) is 0 Å². The molecule has 0 saturated carbocycles. The van der Waals surface area contributed by atoms with Crippen molar-refractivity contribution in [3.63, 3.8) is 0 Å². The minimum absolute atomic E-state index is 0.00231. The van der Waals surface area contributed by atoms with Crippen LogP contribution in [0.15, 0.2) is 20.7 Å². The van der Waals surface area contributed by atoms with Crippen LogP contribution in [0.25, 0.3) is 11.0 Å². The third-order valence-electron chi connectivity index (χ3n) is 5.18. The van der Waals surface area contributed by atoms with Gasteiger partial charge in [-0.2, -0.15) is 0 Å². The van der Waals surface area contributed by atoms with Crippen LogP contribution in [-0.4, -0.2) is 56.0 Å². The van der Waals surface area contributed by atoms with E-state index in [1.807, 2.05) is 32.6 Å². The number of aryl methyl sites for hydroxylation is 1. The summed E-state index contributed by atoms with van der Waals surface area (Å²) in [6, 6.07) is 0. The van der Waals surface area contributed by atoms with E-state index in [4.69, 9.17) is 4.74 Å². The van der Waals surface area contributed by atoms with Crippen molar-refractivity contribution < 1.29 is 9.53 Å². The summed E-state index contributed by atoms with van der Waals surface area (Å²) < 4.78 is 8.17. The predicted octanol–water partition coefficient (Wildman–Crippen LogP) is 1.48. The molecule has 1 fully saturated rings. The molecule has 0 unspecified atom stereocenters. The van der Waals surface area contributed by atoms with Gasteiger partial charge in [-0.15, -0.1) is 11.8 Å². The molecule has 8 nitrogen and oxygen atoms in total. The fourth-order valence-electron chi connectivity index (χ4n) is 3.69. The average molecular weight is 421 g/mol. The third kappa shape index (κ3) is 4.11. The first-order valence-corrected chi connectivity index (χ1v) is 10.7. The molecular weight excluding hydrogens is 392 g/mol. The zero-order chi connectivity index (χ0) is 21.5. The predicted molar refractivity (Wildman–Crippen MR) is 114 cm³/mol. The van der Waals surface area contributed by atoms with Crippen LogP contribution < -0.4 is 11.2 Å². The Hall–Kier alpha value is -2.13. The van der Waals surface area contributed by atoms with Crippen molar-refractivity contribution in [2.24, 2.45) is 14.1 Å². The number of carbonyl (C=O) groups excluding carboxylic acids is 1. The quantitative estimate of drug-likeness (QED) is 0.697. The van der Waals surface area contributed by atoms with Crippen molar-refractivity contribution in [3.8, 4) is 0 Å². The fourth-order valence-corrected chi connectivity index (χ4v) is 4.92. The Kier molecular flexibility index (Phi) is 6.19. The number of morpholine rings is 1. The maximum atomic E-state index is 12.9. The summed E-state index contributed by atoms with van der Waals surface area (Å²) >= 11 is 1.35. The van der Waals surface area contributed by atoms with Gasteiger partial charge < -0.3 is 9.64 Å². The molecule has 1 aliphatic heterocycles. The van der Waals surface area contributed by atoms with Gasteiger partial charge in [-0.1, -0.05) is 13.8 Å². The molecule has 0 aliphatic carbocycles. The number of rotatable bonds is 4. The van der Waals surface area contributed by atoms with Gasteiger partial charge in [-0.3, -0.25) is 18.7 Å². The summed E-state index contributed by atoms with van der Waals surface area (Å²) in [6.07, 6.45) is 1.71. The normalized spacial score (nSPS) is 19.9. The smallest absolute Gasteiger partial charge is 0.332 e. The molecule has 2 aromatic heterocycles. The van der Waals surface area contributed by atoms with E-state index in [0.717, 1.165) is 15.0 Å². The molecule has 2 aromatic rings. The Balaban J connectivity index is 2.01. The molecule has 29 heavy (non-hydrogen) atoms. The van der Waals surface area contributed by atoms with Crippen LogP contribution in [0.5, 0.6) is 0 Å². The van der Waals surface area contributed by atoms with E-state index >= 15 is 0 Å². The van der Waals surface area contributed by atoms with Gasteiger partial charge in [-0.25, -0.2) is 9.78 Å². The summed E-state index contributed by atoms with van der Waals surface area (Å²) in [5.74, 6) is 0.345. The largest absolute Gasteiger partial charge is 0.372 e. The lowest BCUT2D eigenvalue weighted by Crippen LogP contribution is -2.48. The highest BCUT2D eigenvalue weighted by molar-refractivity contribution is 8.00. The number of carbonyl (C=O) groups is 1. The second-order valence-corrected chi connectivity index (χ2v) is 8.93. The zero-order valence-corrected chi connectivity index (χ0v) is 18.6. The monoisotopic (exact) mass is 420 g/mol. The van der Waals surface area contributed by atoms with E-state index in [1.165, 1.54) is 23.4 Å². The van der Waals surface area contributed by atoms with Crippen LogP contribution >= 0.6 is 11.8 Å². The van der Waals surface area contributed by atoms with Gasteiger partial charge in [0, 0.05) is 38.3 Å². The van der Waals surface area contributed by atoms with Gasteiger partial charge in [0.1, 0.15) is 5.65 Å². The van der Waals surface area contributed by atoms with Crippen molar-refractivity contribution in [2.75, 3.05) is 18.8 Å². The minimum Gasteiger partial charge on any atom is -0.372 e. The molecule has 0 aromatic carbocycles. The first-order valence-electron chi connectivity index (χ1n) is 9.76.